The molecule has 0 saturated heterocycles. The van der Waals surface area contributed by atoms with E-state index in [0.717, 1.165) is 0 Å². The van der Waals surface area contributed by atoms with Crippen LogP contribution in [0.3, 0.4) is 0 Å². The molecule has 1 N–H and O–H groups in total. The Morgan fingerprint density at radius 2 is 2.22 bits per heavy atom. The summed E-state index contributed by atoms with van der Waals surface area (Å²) in [6.45, 7) is 4.30. The highest BCUT2D eigenvalue weighted by molar-refractivity contribution is 6.30. The Kier molecular flexibility index (Phi) is 5.14. The first-order valence-corrected chi connectivity index (χ1v) is 5.95. The lowest BCUT2D eigenvalue weighted by molar-refractivity contribution is -0.385. The number of rotatable bonds is 5. The van der Waals surface area contributed by atoms with Gasteiger partial charge in [-0.3, -0.25) is 15.4 Å². The number of hydrogen-bond donors (Lipinski definition) is 1. The summed E-state index contributed by atoms with van der Waals surface area (Å²) < 4.78 is 0. The van der Waals surface area contributed by atoms with Crippen molar-refractivity contribution in [3.05, 3.63) is 38.9 Å². The van der Waals surface area contributed by atoms with Crippen LogP contribution in [0.15, 0.2) is 18.2 Å². The molecule has 0 amide bonds. The summed E-state index contributed by atoms with van der Waals surface area (Å²) in [6, 6.07) is 4.37. The van der Waals surface area contributed by atoms with Crippen LogP contribution >= 0.6 is 11.6 Å². The Morgan fingerprint density at radius 3 is 2.72 bits per heavy atom. The first-order valence-electron chi connectivity index (χ1n) is 5.58. The van der Waals surface area contributed by atoms with Crippen LogP contribution < -0.4 is 5.32 Å². The van der Waals surface area contributed by atoms with Gasteiger partial charge in [0.2, 0.25) is 0 Å². The fourth-order valence-electron chi connectivity index (χ4n) is 1.58. The van der Waals surface area contributed by atoms with Gasteiger partial charge in [-0.05, 0) is 18.1 Å². The summed E-state index contributed by atoms with van der Waals surface area (Å²) in [4.78, 5) is 10.5. The molecular weight excluding hydrogens is 252 g/mol. The van der Waals surface area contributed by atoms with Crippen molar-refractivity contribution >= 4 is 17.3 Å². The van der Waals surface area contributed by atoms with Gasteiger partial charge in [0.1, 0.15) is 0 Å². The predicted octanol–water partition coefficient (Wildman–Crippen LogP) is 3.00. The van der Waals surface area contributed by atoms with E-state index in [4.69, 9.17) is 18.0 Å². The van der Waals surface area contributed by atoms with Gasteiger partial charge in [-0.1, -0.05) is 31.4 Å². The van der Waals surface area contributed by atoms with Crippen LogP contribution in [0, 0.1) is 28.4 Å². The van der Waals surface area contributed by atoms with Crippen LogP contribution in [0.5, 0.6) is 0 Å². The number of nitrogens with one attached hydrogen (secondary N) is 1. The normalized spacial score (nSPS) is 12.2. The maximum Gasteiger partial charge on any atom is 0.273 e. The van der Waals surface area contributed by atoms with E-state index in [2.05, 4.69) is 11.2 Å². The molecule has 0 fully saturated rings. The zero-order valence-electron chi connectivity index (χ0n) is 10.3. The molecule has 0 aliphatic rings. The molecule has 1 rings (SSSR count). The quantitative estimate of drug-likeness (QED) is 0.506. The van der Waals surface area contributed by atoms with Crippen molar-refractivity contribution in [3.8, 4) is 12.3 Å². The summed E-state index contributed by atoms with van der Waals surface area (Å²) in [7, 11) is 0. The van der Waals surface area contributed by atoms with Gasteiger partial charge in [0.25, 0.3) is 5.69 Å². The first-order chi connectivity index (χ1) is 8.45. The van der Waals surface area contributed by atoms with Crippen LogP contribution in [-0.4, -0.2) is 11.0 Å². The van der Waals surface area contributed by atoms with Crippen molar-refractivity contribution < 1.29 is 4.92 Å². The zero-order chi connectivity index (χ0) is 13.7. The number of hydrogen-bond acceptors (Lipinski definition) is 3. The smallest absolute Gasteiger partial charge is 0.273 e. The Labute approximate surface area is 111 Å². The Morgan fingerprint density at radius 1 is 1.56 bits per heavy atom. The zero-order valence-corrected chi connectivity index (χ0v) is 11.1. The third-order valence-electron chi connectivity index (χ3n) is 2.60. The van der Waals surface area contributed by atoms with Gasteiger partial charge >= 0.3 is 0 Å². The molecule has 0 aliphatic heterocycles. The minimum Gasteiger partial charge on any atom is -0.299 e. The third kappa shape index (κ3) is 3.73. The summed E-state index contributed by atoms with van der Waals surface area (Å²) in [5, 5.41) is 14.5. The monoisotopic (exact) mass is 266 g/mol. The van der Waals surface area contributed by atoms with E-state index in [1.165, 1.54) is 12.1 Å². The molecule has 5 heteroatoms. The van der Waals surface area contributed by atoms with E-state index in [9.17, 15) is 10.1 Å². The number of benzene rings is 1. The Bertz CT molecular complexity index is 480. The standard InChI is InChI=1S/C13H15ClN2O2/c1-4-12(9(2)3)15-8-10-7-11(14)5-6-13(10)16(17)18/h1,5-7,9,12,15H,8H2,2-3H3. The van der Waals surface area contributed by atoms with Crippen LogP contribution in [-0.2, 0) is 6.54 Å². The molecular formula is C13H15ClN2O2. The van der Waals surface area contributed by atoms with E-state index >= 15 is 0 Å². The van der Waals surface area contributed by atoms with Crippen LogP contribution in [0.1, 0.15) is 19.4 Å². The molecule has 0 aliphatic carbocycles. The predicted molar refractivity (Wildman–Crippen MR) is 72.4 cm³/mol. The fourth-order valence-corrected chi connectivity index (χ4v) is 1.78. The molecule has 1 aromatic carbocycles. The molecule has 0 bridgehead atoms. The van der Waals surface area contributed by atoms with Gasteiger partial charge in [0, 0.05) is 23.2 Å². The topological polar surface area (TPSA) is 55.2 Å². The van der Waals surface area contributed by atoms with Gasteiger partial charge in [-0.2, -0.15) is 0 Å². The molecule has 0 radical (unpaired) electrons. The molecule has 1 unspecified atom stereocenters. The minimum absolute atomic E-state index is 0.0476. The van der Waals surface area contributed by atoms with Gasteiger partial charge in [-0.25, -0.2) is 0 Å². The second kappa shape index (κ2) is 6.39. The van der Waals surface area contributed by atoms with Crippen molar-refractivity contribution in [2.75, 3.05) is 0 Å². The van der Waals surface area contributed by atoms with Crippen molar-refractivity contribution in [1.82, 2.24) is 5.32 Å². The summed E-state index contributed by atoms with van der Waals surface area (Å²) >= 11 is 5.84. The molecule has 0 spiro atoms. The van der Waals surface area contributed by atoms with E-state index in [1.54, 1.807) is 6.07 Å². The van der Waals surface area contributed by atoms with Crippen molar-refractivity contribution in [2.45, 2.75) is 26.4 Å². The first kappa shape index (κ1) is 14.5. The molecule has 0 saturated carbocycles. The van der Waals surface area contributed by atoms with E-state index in [-0.39, 0.29) is 17.6 Å². The number of terminal acetylenes is 1. The van der Waals surface area contributed by atoms with Crippen molar-refractivity contribution in [3.63, 3.8) is 0 Å². The van der Waals surface area contributed by atoms with Gasteiger partial charge in [0.05, 0.1) is 11.0 Å². The number of halogens is 1. The summed E-state index contributed by atoms with van der Waals surface area (Å²) in [6.07, 6.45) is 5.39. The summed E-state index contributed by atoms with van der Waals surface area (Å²) in [5.74, 6) is 2.88. The minimum atomic E-state index is -0.423. The molecule has 0 heterocycles. The molecule has 1 atom stereocenters. The SMILES string of the molecule is C#CC(NCc1cc(Cl)ccc1[N+](=O)[O-])C(C)C. The highest BCUT2D eigenvalue weighted by Crippen LogP contribution is 2.22. The van der Waals surface area contributed by atoms with Crippen LogP contribution in [0.2, 0.25) is 5.02 Å². The van der Waals surface area contributed by atoms with Crippen LogP contribution in [0.4, 0.5) is 5.69 Å². The molecule has 18 heavy (non-hydrogen) atoms. The maximum absolute atomic E-state index is 10.9. The highest BCUT2D eigenvalue weighted by Gasteiger charge is 2.16. The molecule has 1 aromatic rings. The molecule has 96 valence electrons. The Balaban J connectivity index is 2.87. The Hall–Kier alpha value is -1.57. The van der Waals surface area contributed by atoms with E-state index in [0.29, 0.717) is 17.1 Å². The van der Waals surface area contributed by atoms with E-state index in [1.807, 2.05) is 13.8 Å². The average molecular weight is 267 g/mol. The average Bonchev–Trinajstić information content (AvgIpc) is 2.29. The number of nitro groups is 1. The maximum atomic E-state index is 10.9. The number of nitrogens with zero attached hydrogens (tertiary/aromatic N) is 1. The van der Waals surface area contributed by atoms with Crippen molar-refractivity contribution in [2.24, 2.45) is 5.92 Å². The fraction of sp³-hybridized carbons (Fsp3) is 0.385. The van der Waals surface area contributed by atoms with Crippen molar-refractivity contribution in [1.29, 1.82) is 0 Å². The molecule has 4 nitrogen and oxygen atoms in total. The van der Waals surface area contributed by atoms with E-state index < -0.39 is 4.92 Å². The van der Waals surface area contributed by atoms with Gasteiger partial charge in [-0.15, -0.1) is 6.42 Å². The lowest BCUT2D eigenvalue weighted by atomic mass is 10.0. The van der Waals surface area contributed by atoms with Gasteiger partial charge < -0.3 is 0 Å². The number of nitro benzene ring substituents is 1. The third-order valence-corrected chi connectivity index (χ3v) is 2.83. The lowest BCUT2D eigenvalue weighted by Gasteiger charge is -2.16. The van der Waals surface area contributed by atoms with Crippen LogP contribution in [0.25, 0.3) is 0 Å². The summed E-state index contributed by atoms with van der Waals surface area (Å²) in [5.41, 5.74) is 0.583. The second-order valence-corrected chi connectivity index (χ2v) is 4.74. The second-order valence-electron chi connectivity index (χ2n) is 4.30. The highest BCUT2D eigenvalue weighted by atomic mass is 35.5. The largest absolute Gasteiger partial charge is 0.299 e. The van der Waals surface area contributed by atoms with Gasteiger partial charge in [0.15, 0.2) is 0 Å². The molecule has 0 aromatic heterocycles. The lowest BCUT2D eigenvalue weighted by Crippen LogP contribution is -2.32.